The van der Waals surface area contributed by atoms with Gasteiger partial charge in [0.1, 0.15) is 11.9 Å². The van der Waals surface area contributed by atoms with Gasteiger partial charge in [-0.05, 0) is 37.1 Å². The molecule has 25 heavy (non-hydrogen) atoms. The number of halogens is 1. The van der Waals surface area contributed by atoms with Crippen LogP contribution in [-0.4, -0.2) is 34.6 Å². The van der Waals surface area contributed by atoms with E-state index in [0.29, 0.717) is 36.7 Å². The fourth-order valence-corrected chi connectivity index (χ4v) is 3.03. The third-order valence-corrected chi connectivity index (χ3v) is 4.73. The molecular formula is C19H21ClN2O3. The van der Waals surface area contributed by atoms with Crippen LogP contribution in [0.5, 0.6) is 5.75 Å². The van der Waals surface area contributed by atoms with Gasteiger partial charge in [-0.15, -0.1) is 0 Å². The van der Waals surface area contributed by atoms with Crippen molar-refractivity contribution >= 4 is 17.5 Å². The quantitative estimate of drug-likeness (QED) is 0.823. The van der Waals surface area contributed by atoms with Crippen molar-refractivity contribution in [3.63, 3.8) is 0 Å². The summed E-state index contributed by atoms with van der Waals surface area (Å²) in [5, 5.41) is 0.687. The largest absolute Gasteiger partial charge is 0.486 e. The summed E-state index contributed by atoms with van der Waals surface area (Å²) < 4.78 is 7.37. The van der Waals surface area contributed by atoms with Gasteiger partial charge in [0.25, 0.3) is 5.56 Å². The number of hydrogen-bond acceptors (Lipinski definition) is 3. The van der Waals surface area contributed by atoms with Gasteiger partial charge in [-0.3, -0.25) is 9.59 Å². The molecule has 2 heterocycles. The second kappa shape index (κ2) is 7.31. The standard InChI is InChI=1S/C19H21ClN2O3/c1-13-8-16(10-19(24)21(13)2)25-17-11-22(12-17)18(23)7-6-14-4-3-5-15(20)9-14/h3-5,8-10,17H,6-7,11-12H2,1-2H3. The number of benzene rings is 1. The first kappa shape index (κ1) is 17.5. The normalized spacial score (nSPS) is 14.3. The molecule has 0 bridgehead atoms. The fourth-order valence-electron chi connectivity index (χ4n) is 2.82. The maximum atomic E-state index is 12.2. The monoisotopic (exact) mass is 360 g/mol. The number of aromatic nitrogens is 1. The second-order valence-electron chi connectivity index (χ2n) is 6.40. The highest BCUT2D eigenvalue weighted by atomic mass is 35.5. The molecule has 1 aromatic carbocycles. The Kier molecular flexibility index (Phi) is 5.13. The van der Waals surface area contributed by atoms with Crippen molar-refractivity contribution in [2.75, 3.05) is 13.1 Å². The summed E-state index contributed by atoms with van der Waals surface area (Å²) in [5.41, 5.74) is 1.81. The van der Waals surface area contributed by atoms with Gasteiger partial charge < -0.3 is 14.2 Å². The van der Waals surface area contributed by atoms with Gasteiger partial charge in [-0.1, -0.05) is 23.7 Å². The van der Waals surface area contributed by atoms with Gasteiger partial charge in [0.2, 0.25) is 5.91 Å². The first-order valence-electron chi connectivity index (χ1n) is 8.29. The molecular weight excluding hydrogens is 340 g/mol. The molecule has 3 rings (SSSR count). The topological polar surface area (TPSA) is 51.5 Å². The zero-order chi connectivity index (χ0) is 18.0. The summed E-state index contributed by atoms with van der Waals surface area (Å²) >= 11 is 5.95. The molecule has 1 fully saturated rings. The van der Waals surface area contributed by atoms with E-state index < -0.39 is 0 Å². The van der Waals surface area contributed by atoms with E-state index in [1.807, 2.05) is 37.3 Å². The Morgan fingerprint density at radius 3 is 2.72 bits per heavy atom. The van der Waals surface area contributed by atoms with Crippen LogP contribution in [0.3, 0.4) is 0 Å². The van der Waals surface area contributed by atoms with Crippen LogP contribution in [-0.2, 0) is 18.3 Å². The number of pyridine rings is 1. The van der Waals surface area contributed by atoms with Crippen LogP contribution >= 0.6 is 11.6 Å². The van der Waals surface area contributed by atoms with Gasteiger partial charge in [0.05, 0.1) is 13.1 Å². The highest BCUT2D eigenvalue weighted by Crippen LogP contribution is 2.19. The number of amides is 1. The first-order valence-corrected chi connectivity index (χ1v) is 8.67. The van der Waals surface area contributed by atoms with Crippen molar-refractivity contribution in [3.8, 4) is 5.75 Å². The van der Waals surface area contributed by atoms with Gasteiger partial charge in [-0.25, -0.2) is 0 Å². The van der Waals surface area contributed by atoms with E-state index in [0.717, 1.165) is 11.3 Å². The summed E-state index contributed by atoms with van der Waals surface area (Å²) in [6, 6.07) is 10.9. The molecule has 0 radical (unpaired) electrons. The van der Waals surface area contributed by atoms with Crippen molar-refractivity contribution < 1.29 is 9.53 Å². The molecule has 0 aliphatic carbocycles. The predicted molar refractivity (Wildman–Crippen MR) is 97.2 cm³/mol. The fraction of sp³-hybridized carbons (Fsp3) is 0.368. The van der Waals surface area contributed by atoms with E-state index in [2.05, 4.69) is 0 Å². The minimum atomic E-state index is -0.0937. The molecule has 6 heteroatoms. The minimum absolute atomic E-state index is 0.0541. The first-order chi connectivity index (χ1) is 11.9. The summed E-state index contributed by atoms with van der Waals surface area (Å²) in [5.74, 6) is 0.677. The Morgan fingerprint density at radius 1 is 1.28 bits per heavy atom. The van der Waals surface area contributed by atoms with Crippen molar-refractivity contribution in [1.29, 1.82) is 0 Å². The Hall–Kier alpha value is -2.27. The number of carbonyl (C=O) groups is 1. The molecule has 0 N–H and O–H groups in total. The number of nitrogens with zero attached hydrogens (tertiary/aromatic N) is 2. The van der Waals surface area contributed by atoms with Gasteiger partial charge in [-0.2, -0.15) is 0 Å². The Labute approximate surface area is 151 Å². The van der Waals surface area contributed by atoms with Crippen LogP contribution in [0, 0.1) is 6.92 Å². The SMILES string of the molecule is Cc1cc(OC2CN(C(=O)CCc3cccc(Cl)c3)C2)cc(=O)n1C. The lowest BCUT2D eigenvalue weighted by molar-refractivity contribution is -0.139. The molecule has 132 valence electrons. The van der Waals surface area contributed by atoms with E-state index in [4.69, 9.17) is 16.3 Å². The van der Waals surface area contributed by atoms with Gasteiger partial charge in [0, 0.05) is 30.3 Å². The van der Waals surface area contributed by atoms with Crippen LogP contribution in [0.25, 0.3) is 0 Å². The van der Waals surface area contributed by atoms with E-state index in [1.165, 1.54) is 6.07 Å². The smallest absolute Gasteiger partial charge is 0.254 e. The third kappa shape index (κ3) is 4.23. The van der Waals surface area contributed by atoms with E-state index >= 15 is 0 Å². The molecule has 1 saturated heterocycles. The minimum Gasteiger partial charge on any atom is -0.486 e. The number of likely N-dealkylation sites (tertiary alicyclic amines) is 1. The maximum absolute atomic E-state index is 12.2. The summed E-state index contributed by atoms with van der Waals surface area (Å²) in [7, 11) is 1.73. The Balaban J connectivity index is 1.47. The zero-order valence-electron chi connectivity index (χ0n) is 14.4. The second-order valence-corrected chi connectivity index (χ2v) is 6.83. The summed E-state index contributed by atoms with van der Waals surface area (Å²) in [6.45, 7) is 2.98. The predicted octanol–water partition coefficient (Wildman–Crippen LogP) is 2.57. The molecule has 1 amide bonds. The maximum Gasteiger partial charge on any atom is 0.254 e. The molecule has 5 nitrogen and oxygen atoms in total. The number of aryl methyl sites for hydroxylation is 2. The van der Waals surface area contributed by atoms with Gasteiger partial charge >= 0.3 is 0 Å². The highest BCUT2D eigenvalue weighted by Gasteiger charge is 2.32. The lowest BCUT2D eigenvalue weighted by Gasteiger charge is -2.39. The lowest BCUT2D eigenvalue weighted by Crippen LogP contribution is -2.56. The lowest BCUT2D eigenvalue weighted by atomic mass is 10.1. The molecule has 0 spiro atoms. The third-order valence-electron chi connectivity index (χ3n) is 4.50. The van der Waals surface area contributed by atoms with E-state index in [1.54, 1.807) is 16.5 Å². The summed E-state index contributed by atoms with van der Waals surface area (Å²) in [6.07, 6.45) is 1.08. The van der Waals surface area contributed by atoms with Gasteiger partial charge in [0.15, 0.2) is 0 Å². The van der Waals surface area contributed by atoms with Crippen molar-refractivity contribution in [2.45, 2.75) is 25.9 Å². The van der Waals surface area contributed by atoms with Crippen LogP contribution in [0.2, 0.25) is 5.02 Å². The van der Waals surface area contributed by atoms with Crippen LogP contribution in [0.1, 0.15) is 17.7 Å². The molecule has 2 aromatic rings. The average molecular weight is 361 g/mol. The van der Waals surface area contributed by atoms with Crippen LogP contribution in [0.15, 0.2) is 41.2 Å². The Bertz CT molecular complexity index is 841. The van der Waals surface area contributed by atoms with Crippen LogP contribution in [0.4, 0.5) is 0 Å². The van der Waals surface area contributed by atoms with E-state index in [9.17, 15) is 9.59 Å². The van der Waals surface area contributed by atoms with Crippen LogP contribution < -0.4 is 10.3 Å². The number of carbonyl (C=O) groups excluding carboxylic acids is 1. The van der Waals surface area contributed by atoms with E-state index in [-0.39, 0.29) is 17.6 Å². The Morgan fingerprint density at radius 2 is 2.04 bits per heavy atom. The molecule has 0 atom stereocenters. The highest BCUT2D eigenvalue weighted by molar-refractivity contribution is 6.30. The molecule has 0 saturated carbocycles. The number of hydrogen-bond donors (Lipinski definition) is 0. The molecule has 1 aliphatic heterocycles. The molecule has 1 aromatic heterocycles. The van der Waals surface area contributed by atoms with Crippen molar-refractivity contribution in [3.05, 3.63) is 63.0 Å². The number of rotatable bonds is 5. The van der Waals surface area contributed by atoms with Crippen molar-refractivity contribution in [2.24, 2.45) is 7.05 Å². The zero-order valence-corrected chi connectivity index (χ0v) is 15.1. The van der Waals surface area contributed by atoms with Crippen molar-refractivity contribution in [1.82, 2.24) is 9.47 Å². The molecule has 0 unspecified atom stereocenters. The number of ether oxygens (including phenoxy) is 1. The molecule has 1 aliphatic rings. The average Bonchev–Trinajstić information content (AvgIpc) is 2.53. The summed E-state index contributed by atoms with van der Waals surface area (Å²) in [4.78, 5) is 25.8.